The molecule has 3 aromatic rings. The molecule has 2 amide bonds. The summed E-state index contributed by atoms with van der Waals surface area (Å²) >= 11 is 1.60. The molecule has 7 nitrogen and oxygen atoms in total. The van der Waals surface area contributed by atoms with Gasteiger partial charge in [-0.1, -0.05) is 30.3 Å². The van der Waals surface area contributed by atoms with Crippen LogP contribution in [-0.4, -0.2) is 48.5 Å². The topological polar surface area (TPSA) is 74.8 Å². The number of fused-ring (bicyclic) bond motifs is 1. The van der Waals surface area contributed by atoms with Crippen molar-refractivity contribution in [3.05, 3.63) is 76.1 Å². The molecular weight excluding hydrogens is 412 g/mol. The van der Waals surface area contributed by atoms with Gasteiger partial charge >= 0.3 is 0 Å². The molecule has 0 aliphatic carbocycles. The fourth-order valence-corrected chi connectivity index (χ4v) is 4.14. The van der Waals surface area contributed by atoms with Crippen LogP contribution in [0.3, 0.4) is 0 Å². The summed E-state index contributed by atoms with van der Waals surface area (Å²) in [6.45, 7) is 2.00. The highest BCUT2D eigenvalue weighted by atomic mass is 32.1. The van der Waals surface area contributed by atoms with Gasteiger partial charge in [-0.15, -0.1) is 0 Å². The van der Waals surface area contributed by atoms with Crippen LogP contribution in [0.4, 0.5) is 11.5 Å². The maximum atomic E-state index is 13.3. The van der Waals surface area contributed by atoms with Crippen LogP contribution in [0.5, 0.6) is 0 Å². The van der Waals surface area contributed by atoms with Crippen LogP contribution in [0.1, 0.15) is 21.5 Å². The normalized spacial score (nSPS) is 12.9. The zero-order valence-corrected chi connectivity index (χ0v) is 18.1. The first-order valence-corrected chi connectivity index (χ1v) is 11.0. The number of pyridine rings is 1. The van der Waals surface area contributed by atoms with E-state index in [1.165, 1.54) is 0 Å². The summed E-state index contributed by atoms with van der Waals surface area (Å²) in [5.74, 6) is 0.404. The predicted octanol–water partition coefficient (Wildman–Crippen LogP) is 3.39. The summed E-state index contributed by atoms with van der Waals surface area (Å²) in [4.78, 5) is 33.8. The Bertz CT molecular complexity index is 1040. The Balaban J connectivity index is 1.61. The van der Waals surface area contributed by atoms with Gasteiger partial charge in [0.05, 0.1) is 30.9 Å². The largest absolute Gasteiger partial charge is 0.383 e. The van der Waals surface area contributed by atoms with Gasteiger partial charge in [0.15, 0.2) is 5.82 Å². The summed E-state index contributed by atoms with van der Waals surface area (Å²) < 4.78 is 5.20. The number of aromatic nitrogens is 1. The van der Waals surface area contributed by atoms with Crippen molar-refractivity contribution in [2.45, 2.75) is 13.1 Å². The van der Waals surface area contributed by atoms with E-state index in [-0.39, 0.29) is 18.4 Å². The van der Waals surface area contributed by atoms with E-state index in [0.29, 0.717) is 43.3 Å². The molecule has 1 N–H and O–H groups in total. The van der Waals surface area contributed by atoms with E-state index in [1.807, 2.05) is 47.2 Å². The van der Waals surface area contributed by atoms with E-state index in [9.17, 15) is 9.59 Å². The highest BCUT2D eigenvalue weighted by Crippen LogP contribution is 2.30. The highest BCUT2D eigenvalue weighted by molar-refractivity contribution is 7.07. The molecule has 3 heterocycles. The minimum atomic E-state index is -0.142. The first kappa shape index (κ1) is 21.0. The Morgan fingerprint density at radius 2 is 2.10 bits per heavy atom. The fourth-order valence-electron chi connectivity index (χ4n) is 3.48. The smallest absolute Gasteiger partial charge is 0.255 e. The van der Waals surface area contributed by atoms with E-state index in [0.717, 1.165) is 11.1 Å². The Morgan fingerprint density at radius 3 is 2.84 bits per heavy atom. The van der Waals surface area contributed by atoms with Gasteiger partial charge in [0, 0.05) is 26.4 Å². The van der Waals surface area contributed by atoms with Crippen LogP contribution in [0.15, 0.2) is 59.4 Å². The van der Waals surface area contributed by atoms with Gasteiger partial charge in [0.2, 0.25) is 5.91 Å². The second-order valence-electron chi connectivity index (χ2n) is 7.26. The number of carbonyl (C=O) groups is 2. The molecule has 1 aliphatic rings. The van der Waals surface area contributed by atoms with E-state index in [4.69, 9.17) is 4.74 Å². The molecule has 1 aliphatic heterocycles. The number of benzene rings is 1. The predicted molar refractivity (Wildman–Crippen MR) is 121 cm³/mol. The van der Waals surface area contributed by atoms with E-state index >= 15 is 0 Å². The number of nitrogens with one attached hydrogen (secondary N) is 1. The van der Waals surface area contributed by atoms with Crippen molar-refractivity contribution in [3.63, 3.8) is 0 Å². The van der Waals surface area contributed by atoms with Crippen molar-refractivity contribution in [3.8, 4) is 0 Å². The number of carbonyl (C=O) groups excluding carboxylic acids is 2. The Labute approximate surface area is 185 Å². The van der Waals surface area contributed by atoms with Crippen molar-refractivity contribution >= 4 is 34.7 Å². The minimum absolute atomic E-state index is 0.0581. The third kappa shape index (κ3) is 4.92. The zero-order valence-electron chi connectivity index (χ0n) is 17.3. The SMILES string of the molecule is COCCN(Cc1ccsc1)C(=O)c1cnc2c(c1)N(Cc1ccccc1)C(=O)CN2. The van der Waals surface area contributed by atoms with Crippen LogP contribution < -0.4 is 10.2 Å². The average Bonchev–Trinajstić information content (AvgIpc) is 3.32. The van der Waals surface area contributed by atoms with Gasteiger partial charge in [0.25, 0.3) is 5.91 Å². The number of hydrogen-bond acceptors (Lipinski definition) is 6. The van der Waals surface area contributed by atoms with Gasteiger partial charge < -0.3 is 19.9 Å². The van der Waals surface area contributed by atoms with E-state index in [2.05, 4.69) is 10.3 Å². The van der Waals surface area contributed by atoms with Gasteiger partial charge in [-0.3, -0.25) is 9.59 Å². The van der Waals surface area contributed by atoms with Crippen molar-refractivity contribution in [1.82, 2.24) is 9.88 Å². The van der Waals surface area contributed by atoms with E-state index in [1.54, 1.807) is 40.5 Å². The summed E-state index contributed by atoms with van der Waals surface area (Å²) in [5.41, 5.74) is 3.15. The molecule has 4 rings (SSSR count). The maximum absolute atomic E-state index is 13.3. The zero-order chi connectivity index (χ0) is 21.6. The lowest BCUT2D eigenvalue weighted by molar-refractivity contribution is -0.117. The Hall–Kier alpha value is -3.23. The number of methoxy groups -OCH3 is 1. The summed E-state index contributed by atoms with van der Waals surface area (Å²) in [6.07, 6.45) is 1.57. The van der Waals surface area contributed by atoms with Crippen LogP contribution in [-0.2, 0) is 22.6 Å². The molecule has 0 atom stereocenters. The number of rotatable bonds is 8. The molecule has 0 saturated heterocycles. The van der Waals surface area contributed by atoms with Crippen LogP contribution in [0.2, 0.25) is 0 Å². The molecule has 0 radical (unpaired) electrons. The third-order valence-corrected chi connectivity index (χ3v) is 5.84. The van der Waals surface area contributed by atoms with Gasteiger partial charge in [-0.2, -0.15) is 11.3 Å². The molecule has 2 aromatic heterocycles. The van der Waals surface area contributed by atoms with Crippen LogP contribution in [0.25, 0.3) is 0 Å². The Morgan fingerprint density at radius 1 is 1.26 bits per heavy atom. The van der Waals surface area contributed by atoms with E-state index < -0.39 is 0 Å². The highest BCUT2D eigenvalue weighted by Gasteiger charge is 2.27. The molecule has 160 valence electrons. The molecule has 31 heavy (non-hydrogen) atoms. The second-order valence-corrected chi connectivity index (χ2v) is 8.04. The Kier molecular flexibility index (Phi) is 6.59. The number of anilines is 2. The molecule has 0 unspecified atom stereocenters. The van der Waals surface area contributed by atoms with Crippen molar-refractivity contribution in [1.29, 1.82) is 0 Å². The lowest BCUT2D eigenvalue weighted by Gasteiger charge is -2.30. The fraction of sp³-hybridized carbons (Fsp3) is 0.261. The third-order valence-electron chi connectivity index (χ3n) is 5.10. The van der Waals surface area contributed by atoms with Crippen molar-refractivity contribution < 1.29 is 14.3 Å². The molecule has 0 bridgehead atoms. The number of thiophene rings is 1. The molecule has 0 spiro atoms. The number of ether oxygens (including phenoxy) is 1. The minimum Gasteiger partial charge on any atom is -0.383 e. The number of hydrogen-bond donors (Lipinski definition) is 1. The van der Waals surface area contributed by atoms with Gasteiger partial charge in [-0.05, 0) is 34.0 Å². The first-order valence-electron chi connectivity index (χ1n) is 10.0. The molecule has 8 heteroatoms. The number of amides is 2. The monoisotopic (exact) mass is 436 g/mol. The first-order chi connectivity index (χ1) is 15.2. The summed E-state index contributed by atoms with van der Waals surface area (Å²) in [6, 6.07) is 13.5. The quantitative estimate of drug-likeness (QED) is 0.586. The van der Waals surface area contributed by atoms with Crippen molar-refractivity contribution in [2.24, 2.45) is 0 Å². The molecule has 0 fully saturated rings. The van der Waals surface area contributed by atoms with Crippen molar-refractivity contribution in [2.75, 3.05) is 37.0 Å². The van der Waals surface area contributed by atoms with Crippen LogP contribution in [0, 0.1) is 0 Å². The van der Waals surface area contributed by atoms with Gasteiger partial charge in [-0.25, -0.2) is 4.98 Å². The van der Waals surface area contributed by atoms with Gasteiger partial charge in [0.1, 0.15) is 0 Å². The second kappa shape index (κ2) is 9.72. The average molecular weight is 437 g/mol. The maximum Gasteiger partial charge on any atom is 0.255 e. The number of nitrogens with zero attached hydrogens (tertiary/aromatic N) is 3. The van der Waals surface area contributed by atoms with Crippen LogP contribution >= 0.6 is 11.3 Å². The molecular formula is C23H24N4O3S. The lowest BCUT2D eigenvalue weighted by Crippen LogP contribution is -2.40. The summed E-state index contributed by atoms with van der Waals surface area (Å²) in [5, 5.41) is 7.07. The lowest BCUT2D eigenvalue weighted by atomic mass is 10.1. The summed E-state index contributed by atoms with van der Waals surface area (Å²) in [7, 11) is 1.62. The molecule has 0 saturated carbocycles. The standard InChI is InChI=1S/C23H24N4O3S/c1-30-9-8-26(14-18-7-10-31-16-18)23(29)19-11-20-22(24-12-19)25-13-21(28)27(20)15-17-5-3-2-4-6-17/h2-7,10-12,16H,8-9,13-15H2,1H3,(H,24,25). The molecule has 1 aromatic carbocycles.